The number of nitrogens with one attached hydrogen (secondary N) is 1. The number of hydrogen-bond donors (Lipinski definition) is 2. The molecule has 3 N–H and O–H groups in total. The van der Waals surface area contributed by atoms with Gasteiger partial charge in [-0.2, -0.15) is 0 Å². The van der Waals surface area contributed by atoms with Crippen molar-refractivity contribution < 1.29 is 0 Å². The Morgan fingerprint density at radius 2 is 1.39 bits per heavy atom. The van der Waals surface area contributed by atoms with Gasteiger partial charge in [0, 0.05) is 0 Å². The van der Waals surface area contributed by atoms with Crippen LogP contribution in [0.4, 0.5) is 0 Å². The van der Waals surface area contributed by atoms with Crippen LogP contribution in [0.15, 0.2) is 0 Å². The number of hydrogen-bond acceptors (Lipinski definition) is 2. The molecule has 0 spiro atoms. The van der Waals surface area contributed by atoms with E-state index in [1.807, 2.05) is 0 Å². The Labute approximate surface area is 111 Å². The van der Waals surface area contributed by atoms with E-state index in [-0.39, 0.29) is 0 Å². The fourth-order valence-corrected chi connectivity index (χ4v) is 6.62. The van der Waals surface area contributed by atoms with Gasteiger partial charge in [0.15, 0.2) is 0 Å². The number of piperidine rings is 1. The van der Waals surface area contributed by atoms with E-state index < -0.39 is 0 Å². The summed E-state index contributed by atoms with van der Waals surface area (Å²) in [6.07, 6.45) is 11.9. The summed E-state index contributed by atoms with van der Waals surface area (Å²) in [7, 11) is 0. The lowest BCUT2D eigenvalue weighted by Gasteiger charge is -2.65. The fourth-order valence-electron chi connectivity index (χ4n) is 6.62. The maximum atomic E-state index is 6.33. The highest BCUT2D eigenvalue weighted by atomic mass is 14.9. The number of rotatable bonds is 2. The third kappa shape index (κ3) is 1.48. The predicted molar refractivity (Wildman–Crippen MR) is 74.2 cm³/mol. The van der Waals surface area contributed by atoms with Crippen molar-refractivity contribution in [1.82, 2.24) is 5.32 Å². The lowest BCUT2D eigenvalue weighted by Crippen LogP contribution is -2.59. The van der Waals surface area contributed by atoms with Crippen molar-refractivity contribution in [3.63, 3.8) is 0 Å². The van der Waals surface area contributed by atoms with Crippen LogP contribution in [-0.2, 0) is 0 Å². The van der Waals surface area contributed by atoms with Gasteiger partial charge in [0.1, 0.15) is 0 Å². The quantitative estimate of drug-likeness (QED) is 0.788. The van der Waals surface area contributed by atoms with Crippen molar-refractivity contribution in [1.29, 1.82) is 0 Å². The minimum Gasteiger partial charge on any atom is -0.330 e. The molecule has 0 atom stereocenters. The van der Waals surface area contributed by atoms with Crippen molar-refractivity contribution in [2.45, 2.75) is 51.4 Å². The van der Waals surface area contributed by atoms with E-state index in [1.54, 1.807) is 19.3 Å². The van der Waals surface area contributed by atoms with Crippen LogP contribution in [-0.4, -0.2) is 19.6 Å². The van der Waals surface area contributed by atoms with Crippen molar-refractivity contribution in [2.24, 2.45) is 34.3 Å². The molecular formula is C16H28N2. The second kappa shape index (κ2) is 3.96. The molecule has 0 unspecified atom stereocenters. The van der Waals surface area contributed by atoms with Crippen molar-refractivity contribution in [3.05, 3.63) is 0 Å². The molecule has 0 aromatic rings. The van der Waals surface area contributed by atoms with Crippen molar-refractivity contribution >= 4 is 0 Å². The van der Waals surface area contributed by atoms with Crippen LogP contribution in [0.25, 0.3) is 0 Å². The van der Waals surface area contributed by atoms with Gasteiger partial charge in [-0.15, -0.1) is 0 Å². The minimum absolute atomic E-state index is 0.494. The van der Waals surface area contributed by atoms with E-state index >= 15 is 0 Å². The molecule has 5 fully saturated rings. The summed E-state index contributed by atoms with van der Waals surface area (Å²) in [5.41, 5.74) is 7.48. The maximum absolute atomic E-state index is 6.33. The summed E-state index contributed by atoms with van der Waals surface area (Å²) in [5, 5.41) is 3.55. The average molecular weight is 248 g/mol. The zero-order valence-corrected chi connectivity index (χ0v) is 11.6. The van der Waals surface area contributed by atoms with Crippen LogP contribution in [0.1, 0.15) is 51.4 Å². The molecule has 1 saturated heterocycles. The van der Waals surface area contributed by atoms with Gasteiger partial charge in [-0.3, -0.25) is 0 Å². The summed E-state index contributed by atoms with van der Waals surface area (Å²) in [4.78, 5) is 0. The molecule has 0 radical (unpaired) electrons. The number of nitrogens with two attached hydrogens (primary N) is 1. The Bertz CT molecular complexity index is 295. The highest BCUT2D eigenvalue weighted by Crippen LogP contribution is 2.67. The largest absolute Gasteiger partial charge is 0.330 e. The van der Waals surface area contributed by atoms with Gasteiger partial charge in [-0.05, 0) is 99.6 Å². The highest BCUT2D eigenvalue weighted by Gasteiger charge is 2.59. The smallest absolute Gasteiger partial charge is 0.00142 e. The molecule has 2 nitrogen and oxygen atoms in total. The first kappa shape index (κ1) is 11.7. The van der Waals surface area contributed by atoms with Crippen LogP contribution >= 0.6 is 0 Å². The summed E-state index contributed by atoms with van der Waals surface area (Å²) < 4.78 is 0. The molecule has 4 aliphatic carbocycles. The van der Waals surface area contributed by atoms with Crippen LogP contribution in [0.2, 0.25) is 0 Å². The molecule has 1 aliphatic heterocycles. The first-order valence-electron chi connectivity index (χ1n) is 8.16. The molecule has 0 aromatic carbocycles. The second-order valence-electron chi connectivity index (χ2n) is 7.93. The van der Waals surface area contributed by atoms with Gasteiger partial charge in [-0.1, -0.05) is 0 Å². The van der Waals surface area contributed by atoms with Gasteiger partial charge < -0.3 is 11.1 Å². The van der Waals surface area contributed by atoms with Crippen LogP contribution in [0.5, 0.6) is 0 Å². The third-order valence-electron chi connectivity index (χ3n) is 7.11. The normalized spacial score (nSPS) is 49.5. The molecule has 102 valence electrons. The Morgan fingerprint density at radius 3 is 1.83 bits per heavy atom. The van der Waals surface area contributed by atoms with Gasteiger partial charge in [0.2, 0.25) is 0 Å². The summed E-state index contributed by atoms with van der Waals surface area (Å²) in [6, 6.07) is 0. The molecular weight excluding hydrogens is 220 g/mol. The molecule has 2 heteroatoms. The van der Waals surface area contributed by atoms with E-state index in [1.165, 1.54) is 45.2 Å². The zero-order valence-electron chi connectivity index (χ0n) is 11.6. The standard InChI is InChI=1S/C16H28N2/c17-11-15(1-3-18-4-2-15)16-8-12-5-13(9-16)7-14(6-12)10-16/h12-14,18H,1-11,17H2. The summed E-state index contributed by atoms with van der Waals surface area (Å²) in [6.45, 7) is 3.36. The van der Waals surface area contributed by atoms with Crippen molar-refractivity contribution in [2.75, 3.05) is 19.6 Å². The second-order valence-corrected chi connectivity index (χ2v) is 7.93. The van der Waals surface area contributed by atoms with Gasteiger partial charge in [-0.25, -0.2) is 0 Å². The molecule has 18 heavy (non-hydrogen) atoms. The molecule has 5 aliphatic rings. The Morgan fingerprint density at radius 1 is 0.889 bits per heavy atom. The lowest BCUT2D eigenvalue weighted by atomic mass is 9.41. The maximum Gasteiger partial charge on any atom is -0.00142 e. The highest BCUT2D eigenvalue weighted by molar-refractivity contribution is 5.10. The minimum atomic E-state index is 0.494. The first-order valence-corrected chi connectivity index (χ1v) is 8.16. The molecule has 1 heterocycles. The fraction of sp³-hybridized carbons (Fsp3) is 1.00. The summed E-state index contributed by atoms with van der Waals surface area (Å²) in [5.74, 6) is 3.19. The SMILES string of the molecule is NCC1(C23CC4CC(CC(C4)C2)C3)CCNCC1. The topological polar surface area (TPSA) is 38.0 Å². The molecule has 5 rings (SSSR count). The lowest BCUT2D eigenvalue weighted by molar-refractivity contribution is -0.138. The molecule has 0 aromatic heterocycles. The van der Waals surface area contributed by atoms with E-state index in [2.05, 4.69) is 5.32 Å². The van der Waals surface area contributed by atoms with Gasteiger partial charge in [0.25, 0.3) is 0 Å². The monoisotopic (exact) mass is 248 g/mol. The van der Waals surface area contributed by atoms with E-state index in [0.29, 0.717) is 10.8 Å². The van der Waals surface area contributed by atoms with Gasteiger partial charge >= 0.3 is 0 Å². The van der Waals surface area contributed by atoms with Gasteiger partial charge in [0.05, 0.1) is 0 Å². The van der Waals surface area contributed by atoms with Crippen LogP contribution in [0, 0.1) is 28.6 Å². The Kier molecular flexibility index (Phi) is 2.58. The summed E-state index contributed by atoms with van der Waals surface area (Å²) >= 11 is 0. The molecule has 0 amide bonds. The Balaban J connectivity index is 1.69. The first-order chi connectivity index (χ1) is 8.75. The van der Waals surface area contributed by atoms with Crippen LogP contribution in [0.3, 0.4) is 0 Å². The molecule has 4 bridgehead atoms. The van der Waals surface area contributed by atoms with Crippen LogP contribution < -0.4 is 11.1 Å². The average Bonchev–Trinajstić information content (AvgIpc) is 2.38. The van der Waals surface area contributed by atoms with E-state index in [0.717, 1.165) is 24.3 Å². The Hall–Kier alpha value is -0.0800. The zero-order chi connectivity index (χ0) is 12.2. The third-order valence-corrected chi connectivity index (χ3v) is 7.11. The predicted octanol–water partition coefficient (Wildman–Crippen LogP) is 2.53. The molecule has 4 saturated carbocycles. The van der Waals surface area contributed by atoms with E-state index in [4.69, 9.17) is 5.73 Å². The van der Waals surface area contributed by atoms with Crippen molar-refractivity contribution in [3.8, 4) is 0 Å². The van der Waals surface area contributed by atoms with E-state index in [9.17, 15) is 0 Å².